The molecule has 0 aliphatic rings. The molecule has 2 rings (SSSR count). The Hall–Kier alpha value is -1.40. The predicted molar refractivity (Wildman–Crippen MR) is 78.8 cm³/mol. The molecule has 2 aromatic heterocycles. The van der Waals surface area contributed by atoms with Crippen molar-refractivity contribution in [1.29, 1.82) is 0 Å². The lowest BCUT2D eigenvalue weighted by Crippen LogP contribution is -2.14. The third kappa shape index (κ3) is 3.37. The number of aromatic nitrogens is 5. The topological polar surface area (TPSA) is 60.6 Å². The van der Waals surface area contributed by atoms with Crippen molar-refractivity contribution < 1.29 is 0 Å². The minimum Gasteiger partial charge on any atom is -0.311 e. The molecule has 0 saturated heterocycles. The SMILES string of the molecule is CCCNCc1cn(Cc2c(Cl)c(C)nn2CC)nn1. The Balaban J connectivity index is 2.07. The van der Waals surface area contributed by atoms with Gasteiger partial charge in [0.15, 0.2) is 0 Å². The Morgan fingerprint density at radius 1 is 1.35 bits per heavy atom. The number of hydrogen-bond acceptors (Lipinski definition) is 4. The molecular formula is C13H21ClN6. The fraction of sp³-hybridized carbons (Fsp3) is 0.615. The summed E-state index contributed by atoms with van der Waals surface area (Å²) in [6, 6.07) is 0. The van der Waals surface area contributed by atoms with E-state index in [9.17, 15) is 0 Å². The van der Waals surface area contributed by atoms with Gasteiger partial charge in [0, 0.05) is 13.1 Å². The van der Waals surface area contributed by atoms with Gasteiger partial charge in [0.05, 0.1) is 34.8 Å². The van der Waals surface area contributed by atoms with Crippen LogP contribution in [0.15, 0.2) is 6.20 Å². The first-order valence-corrected chi connectivity index (χ1v) is 7.35. The van der Waals surface area contributed by atoms with Gasteiger partial charge in [0.25, 0.3) is 0 Å². The monoisotopic (exact) mass is 296 g/mol. The molecule has 7 heteroatoms. The van der Waals surface area contributed by atoms with Crippen LogP contribution in [0.25, 0.3) is 0 Å². The fourth-order valence-corrected chi connectivity index (χ4v) is 2.26. The number of rotatable bonds is 7. The lowest BCUT2D eigenvalue weighted by atomic mass is 10.3. The summed E-state index contributed by atoms with van der Waals surface area (Å²) in [6.45, 7) is 9.22. The third-order valence-electron chi connectivity index (χ3n) is 3.08. The molecule has 0 bridgehead atoms. The van der Waals surface area contributed by atoms with Gasteiger partial charge in [-0.25, -0.2) is 4.68 Å². The summed E-state index contributed by atoms with van der Waals surface area (Å²) in [5.74, 6) is 0. The van der Waals surface area contributed by atoms with E-state index in [1.807, 2.05) is 24.7 Å². The molecule has 20 heavy (non-hydrogen) atoms. The van der Waals surface area contributed by atoms with E-state index < -0.39 is 0 Å². The number of nitrogens with one attached hydrogen (secondary N) is 1. The van der Waals surface area contributed by atoms with Gasteiger partial charge < -0.3 is 5.32 Å². The average molecular weight is 297 g/mol. The van der Waals surface area contributed by atoms with Gasteiger partial charge in [-0.2, -0.15) is 5.10 Å². The quantitative estimate of drug-likeness (QED) is 0.794. The molecule has 0 aliphatic carbocycles. The molecule has 0 saturated carbocycles. The maximum absolute atomic E-state index is 6.29. The van der Waals surface area contributed by atoms with Crippen molar-refractivity contribution in [2.24, 2.45) is 0 Å². The second-order valence-corrected chi connectivity index (χ2v) is 5.12. The Kier molecular flexibility index (Phi) is 5.14. The largest absolute Gasteiger partial charge is 0.311 e. The Morgan fingerprint density at radius 2 is 2.15 bits per heavy atom. The van der Waals surface area contributed by atoms with Gasteiger partial charge in [0.1, 0.15) is 0 Å². The van der Waals surface area contributed by atoms with Gasteiger partial charge in [-0.15, -0.1) is 5.10 Å². The summed E-state index contributed by atoms with van der Waals surface area (Å²) in [6.07, 6.45) is 3.06. The molecule has 2 heterocycles. The van der Waals surface area contributed by atoms with E-state index >= 15 is 0 Å². The van der Waals surface area contributed by atoms with E-state index in [1.54, 1.807) is 4.68 Å². The highest BCUT2D eigenvalue weighted by atomic mass is 35.5. The van der Waals surface area contributed by atoms with Crippen LogP contribution in [-0.4, -0.2) is 31.3 Å². The number of nitrogens with zero attached hydrogens (tertiary/aromatic N) is 5. The molecule has 110 valence electrons. The Labute approximate surface area is 124 Å². The van der Waals surface area contributed by atoms with E-state index in [2.05, 4.69) is 27.7 Å². The van der Waals surface area contributed by atoms with Gasteiger partial charge in [0.2, 0.25) is 0 Å². The first-order chi connectivity index (χ1) is 9.65. The molecular weight excluding hydrogens is 276 g/mol. The fourth-order valence-electron chi connectivity index (χ4n) is 2.06. The van der Waals surface area contributed by atoms with Crippen molar-refractivity contribution in [3.8, 4) is 0 Å². The first kappa shape index (κ1) is 15.0. The first-order valence-electron chi connectivity index (χ1n) is 6.97. The molecule has 0 atom stereocenters. The van der Waals surface area contributed by atoms with Crippen LogP contribution in [0.3, 0.4) is 0 Å². The summed E-state index contributed by atoms with van der Waals surface area (Å²) < 4.78 is 3.71. The van der Waals surface area contributed by atoms with E-state index in [1.165, 1.54) is 0 Å². The molecule has 0 aliphatic heterocycles. The lowest BCUT2D eigenvalue weighted by molar-refractivity contribution is 0.565. The summed E-state index contributed by atoms with van der Waals surface area (Å²) in [4.78, 5) is 0. The normalized spacial score (nSPS) is 11.2. The summed E-state index contributed by atoms with van der Waals surface area (Å²) in [7, 11) is 0. The zero-order valence-corrected chi connectivity index (χ0v) is 13.0. The number of halogens is 1. The van der Waals surface area contributed by atoms with Crippen LogP contribution in [0.1, 0.15) is 37.4 Å². The van der Waals surface area contributed by atoms with Crippen molar-refractivity contribution in [1.82, 2.24) is 30.1 Å². The molecule has 1 N–H and O–H groups in total. The molecule has 0 aromatic carbocycles. The second kappa shape index (κ2) is 6.85. The van der Waals surface area contributed by atoms with Crippen LogP contribution in [0.5, 0.6) is 0 Å². The highest BCUT2D eigenvalue weighted by molar-refractivity contribution is 6.31. The van der Waals surface area contributed by atoms with Crippen molar-refractivity contribution >= 4 is 11.6 Å². The molecule has 0 unspecified atom stereocenters. The molecule has 6 nitrogen and oxygen atoms in total. The molecule has 0 fully saturated rings. The molecule has 0 radical (unpaired) electrons. The van der Waals surface area contributed by atoms with Crippen molar-refractivity contribution in [2.75, 3.05) is 6.54 Å². The summed E-state index contributed by atoms with van der Waals surface area (Å²) in [5, 5.41) is 16.7. The smallest absolute Gasteiger partial charge is 0.0964 e. The molecule has 2 aromatic rings. The zero-order chi connectivity index (χ0) is 14.5. The van der Waals surface area contributed by atoms with Crippen molar-refractivity contribution in [2.45, 2.75) is 46.8 Å². The van der Waals surface area contributed by atoms with Crippen LogP contribution in [-0.2, 0) is 19.6 Å². The van der Waals surface area contributed by atoms with E-state index in [4.69, 9.17) is 11.6 Å². The summed E-state index contributed by atoms with van der Waals surface area (Å²) >= 11 is 6.29. The summed E-state index contributed by atoms with van der Waals surface area (Å²) in [5.41, 5.74) is 2.77. The predicted octanol–water partition coefficient (Wildman–Crippen LogP) is 2.00. The van der Waals surface area contributed by atoms with E-state index in [0.717, 1.165) is 43.1 Å². The zero-order valence-electron chi connectivity index (χ0n) is 12.2. The molecule has 0 amide bonds. The maximum Gasteiger partial charge on any atom is 0.0964 e. The minimum absolute atomic E-state index is 0.592. The average Bonchev–Trinajstić information content (AvgIpc) is 2.99. The van der Waals surface area contributed by atoms with Crippen LogP contribution in [0, 0.1) is 6.92 Å². The van der Waals surface area contributed by atoms with E-state index in [-0.39, 0.29) is 0 Å². The highest BCUT2D eigenvalue weighted by Crippen LogP contribution is 2.20. The van der Waals surface area contributed by atoms with E-state index in [0.29, 0.717) is 11.6 Å². The second-order valence-electron chi connectivity index (χ2n) is 4.75. The Bertz CT molecular complexity index is 559. The Morgan fingerprint density at radius 3 is 2.85 bits per heavy atom. The van der Waals surface area contributed by atoms with Crippen molar-refractivity contribution in [3.63, 3.8) is 0 Å². The van der Waals surface area contributed by atoms with Crippen LogP contribution >= 0.6 is 11.6 Å². The van der Waals surface area contributed by atoms with Gasteiger partial charge >= 0.3 is 0 Å². The number of hydrogen-bond donors (Lipinski definition) is 1. The molecule has 0 spiro atoms. The van der Waals surface area contributed by atoms with Gasteiger partial charge in [-0.05, 0) is 26.8 Å². The lowest BCUT2D eigenvalue weighted by Gasteiger charge is -2.04. The standard InChI is InChI=1S/C13H21ClN6/c1-4-6-15-7-11-8-19(18-16-11)9-12-13(14)10(3)17-20(12)5-2/h8,15H,4-7,9H2,1-3H3. The van der Waals surface area contributed by atoms with Crippen molar-refractivity contribution in [3.05, 3.63) is 28.3 Å². The van der Waals surface area contributed by atoms with Crippen LogP contribution in [0.4, 0.5) is 0 Å². The van der Waals surface area contributed by atoms with Gasteiger partial charge in [-0.1, -0.05) is 23.7 Å². The number of aryl methyl sites for hydroxylation is 2. The van der Waals surface area contributed by atoms with Crippen LogP contribution in [0.2, 0.25) is 5.02 Å². The van der Waals surface area contributed by atoms with Crippen LogP contribution < -0.4 is 5.32 Å². The minimum atomic E-state index is 0.592. The van der Waals surface area contributed by atoms with Gasteiger partial charge in [-0.3, -0.25) is 4.68 Å². The highest BCUT2D eigenvalue weighted by Gasteiger charge is 2.13. The maximum atomic E-state index is 6.29. The third-order valence-corrected chi connectivity index (χ3v) is 3.58.